The van der Waals surface area contributed by atoms with E-state index in [4.69, 9.17) is 0 Å². The summed E-state index contributed by atoms with van der Waals surface area (Å²) in [5.74, 6) is 1.04. The number of pyridine rings is 1. The van der Waals surface area contributed by atoms with Crippen molar-refractivity contribution in [3.05, 3.63) is 53.7 Å². The van der Waals surface area contributed by atoms with Gasteiger partial charge in [0.05, 0.1) is 11.4 Å². The Morgan fingerprint density at radius 2 is 2.00 bits per heavy atom. The summed E-state index contributed by atoms with van der Waals surface area (Å²) in [6, 6.07) is 14.2. The minimum absolute atomic E-state index is 0.974. The number of nitrogens with zero attached hydrogens (tertiary/aromatic N) is 2. The second-order valence-corrected chi connectivity index (χ2v) is 5.52. The molecule has 3 rings (SSSR count). The highest BCUT2D eigenvalue weighted by molar-refractivity contribution is 7.99. The van der Waals surface area contributed by atoms with Crippen molar-refractivity contribution in [1.82, 2.24) is 4.98 Å². The molecule has 0 saturated heterocycles. The van der Waals surface area contributed by atoms with E-state index in [0.29, 0.717) is 0 Å². The third-order valence-corrected chi connectivity index (χ3v) is 3.97. The number of para-hydroxylation sites is 1. The van der Waals surface area contributed by atoms with Gasteiger partial charge in [-0.05, 0) is 31.2 Å². The fourth-order valence-electron chi connectivity index (χ4n) is 2.00. The highest BCUT2D eigenvalue weighted by Crippen LogP contribution is 2.28. The number of fused-ring (bicyclic) bond motifs is 1. The van der Waals surface area contributed by atoms with E-state index < -0.39 is 0 Å². The first-order valence-corrected chi connectivity index (χ1v) is 7.30. The van der Waals surface area contributed by atoms with Gasteiger partial charge >= 0.3 is 0 Å². The maximum absolute atomic E-state index is 4.57. The molecule has 1 aromatic carbocycles. The average Bonchev–Trinajstić information content (AvgIpc) is 2.45. The smallest absolute Gasteiger partial charge is 0.105 e. The Morgan fingerprint density at radius 3 is 2.84 bits per heavy atom. The highest BCUT2D eigenvalue weighted by atomic mass is 32.2. The summed E-state index contributed by atoms with van der Waals surface area (Å²) in [7, 11) is 0. The fourth-order valence-corrected chi connectivity index (χ4v) is 3.04. The molecule has 2 heterocycles. The molecule has 0 atom stereocenters. The van der Waals surface area contributed by atoms with Gasteiger partial charge in [0.15, 0.2) is 0 Å². The molecule has 0 amide bonds. The predicted molar refractivity (Wildman–Crippen MR) is 80.9 cm³/mol. The maximum atomic E-state index is 4.57. The first kappa shape index (κ1) is 12.2. The Labute approximate surface area is 117 Å². The summed E-state index contributed by atoms with van der Waals surface area (Å²) in [5, 5.41) is 5.63. The van der Waals surface area contributed by atoms with E-state index in [1.165, 1.54) is 0 Å². The van der Waals surface area contributed by atoms with Crippen LogP contribution < -0.4 is 5.43 Å². The zero-order valence-corrected chi connectivity index (χ0v) is 11.6. The first-order chi connectivity index (χ1) is 9.33. The molecule has 4 heteroatoms. The van der Waals surface area contributed by atoms with Gasteiger partial charge in [-0.25, -0.2) is 4.98 Å². The zero-order chi connectivity index (χ0) is 13.1. The van der Waals surface area contributed by atoms with Gasteiger partial charge in [0, 0.05) is 23.4 Å². The molecule has 1 aliphatic rings. The van der Waals surface area contributed by atoms with Crippen molar-refractivity contribution >= 4 is 23.2 Å². The Kier molecular flexibility index (Phi) is 3.51. The molecule has 0 saturated carbocycles. The molecule has 0 spiro atoms. The summed E-state index contributed by atoms with van der Waals surface area (Å²) in [4.78, 5) is 4.57. The number of benzene rings is 1. The Balaban J connectivity index is 1.87. The molecule has 1 aliphatic heterocycles. The molecule has 3 nitrogen and oxygen atoms in total. The van der Waals surface area contributed by atoms with Crippen LogP contribution >= 0.6 is 11.8 Å². The largest absolute Gasteiger partial charge is 0.278 e. The van der Waals surface area contributed by atoms with Crippen molar-refractivity contribution in [3.63, 3.8) is 0 Å². The minimum atomic E-state index is 0.974. The number of thioether (sulfide) groups is 1. The Hall–Kier alpha value is -1.81. The van der Waals surface area contributed by atoms with E-state index in [0.717, 1.165) is 39.9 Å². The molecule has 1 N–H and O–H groups in total. The second-order valence-electron chi connectivity index (χ2n) is 4.44. The SMILES string of the molecule is Cc1ccc2c(n1)SCC/C2=N/Nc1ccccc1. The van der Waals surface area contributed by atoms with Gasteiger partial charge in [-0.15, -0.1) is 11.8 Å². The molecule has 0 fully saturated rings. The molecule has 2 aromatic rings. The lowest BCUT2D eigenvalue weighted by Gasteiger charge is -2.16. The molecule has 96 valence electrons. The normalized spacial score (nSPS) is 16.2. The summed E-state index contributed by atoms with van der Waals surface area (Å²) in [6.45, 7) is 2.02. The number of aromatic nitrogens is 1. The molecule has 0 aliphatic carbocycles. The van der Waals surface area contributed by atoms with Gasteiger partial charge in [-0.1, -0.05) is 18.2 Å². The van der Waals surface area contributed by atoms with E-state index in [1.54, 1.807) is 0 Å². The van der Waals surface area contributed by atoms with Crippen LogP contribution in [0.1, 0.15) is 17.7 Å². The number of hydrogen-bond donors (Lipinski definition) is 1. The van der Waals surface area contributed by atoms with E-state index in [2.05, 4.69) is 21.6 Å². The number of nitrogens with one attached hydrogen (secondary N) is 1. The summed E-state index contributed by atoms with van der Waals surface area (Å²) in [6.07, 6.45) is 0.974. The predicted octanol–water partition coefficient (Wildman–Crippen LogP) is 3.70. The van der Waals surface area contributed by atoms with Crippen LogP contribution in [-0.2, 0) is 0 Å². The van der Waals surface area contributed by atoms with E-state index in [1.807, 2.05) is 55.1 Å². The summed E-state index contributed by atoms with van der Waals surface area (Å²) < 4.78 is 0. The second kappa shape index (κ2) is 5.45. The monoisotopic (exact) mass is 269 g/mol. The standard InChI is InChI=1S/C15H15N3S/c1-11-7-8-13-14(9-10-19-15(13)16-11)18-17-12-5-3-2-4-6-12/h2-8,17H,9-10H2,1H3/b18-14-. The van der Waals surface area contributed by atoms with Gasteiger partial charge in [-0.2, -0.15) is 5.10 Å². The van der Waals surface area contributed by atoms with E-state index in [9.17, 15) is 0 Å². The van der Waals surface area contributed by atoms with Crippen LogP contribution in [0.3, 0.4) is 0 Å². The average molecular weight is 269 g/mol. The van der Waals surface area contributed by atoms with Gasteiger partial charge in [0.1, 0.15) is 5.03 Å². The topological polar surface area (TPSA) is 37.3 Å². The quantitative estimate of drug-likeness (QED) is 0.845. The van der Waals surface area contributed by atoms with Crippen LogP contribution in [0.25, 0.3) is 0 Å². The van der Waals surface area contributed by atoms with Crippen molar-refractivity contribution < 1.29 is 0 Å². The van der Waals surface area contributed by atoms with Crippen LogP contribution in [0.5, 0.6) is 0 Å². The summed E-state index contributed by atoms with van der Waals surface area (Å²) >= 11 is 1.81. The zero-order valence-electron chi connectivity index (χ0n) is 10.8. The van der Waals surface area contributed by atoms with Gasteiger partial charge in [0.25, 0.3) is 0 Å². The molecule has 19 heavy (non-hydrogen) atoms. The summed E-state index contributed by atoms with van der Waals surface area (Å²) in [5.41, 5.74) is 7.43. The highest BCUT2D eigenvalue weighted by Gasteiger charge is 2.17. The first-order valence-electron chi connectivity index (χ1n) is 6.31. The minimum Gasteiger partial charge on any atom is -0.278 e. The van der Waals surface area contributed by atoms with Crippen LogP contribution in [0.15, 0.2) is 52.6 Å². The number of aryl methyl sites for hydroxylation is 1. The Bertz CT molecular complexity index is 608. The third kappa shape index (κ3) is 2.79. The van der Waals surface area contributed by atoms with Crippen LogP contribution in [0, 0.1) is 6.92 Å². The lowest BCUT2D eigenvalue weighted by atomic mass is 10.1. The number of rotatable bonds is 2. The molecule has 0 radical (unpaired) electrons. The third-order valence-electron chi connectivity index (χ3n) is 2.98. The van der Waals surface area contributed by atoms with Crippen LogP contribution in [-0.4, -0.2) is 16.4 Å². The van der Waals surface area contributed by atoms with Crippen LogP contribution in [0.4, 0.5) is 5.69 Å². The fraction of sp³-hybridized carbons (Fsp3) is 0.200. The van der Waals surface area contributed by atoms with Crippen molar-refractivity contribution in [3.8, 4) is 0 Å². The Morgan fingerprint density at radius 1 is 1.16 bits per heavy atom. The van der Waals surface area contributed by atoms with Gasteiger partial charge in [-0.3, -0.25) is 5.43 Å². The maximum Gasteiger partial charge on any atom is 0.105 e. The molecular weight excluding hydrogens is 254 g/mol. The number of hydrogen-bond acceptors (Lipinski definition) is 4. The molecule has 1 aromatic heterocycles. The number of anilines is 1. The van der Waals surface area contributed by atoms with Crippen molar-refractivity contribution in [2.24, 2.45) is 5.10 Å². The van der Waals surface area contributed by atoms with Crippen molar-refractivity contribution in [2.45, 2.75) is 18.4 Å². The molecular formula is C15H15N3S. The van der Waals surface area contributed by atoms with Crippen LogP contribution in [0.2, 0.25) is 0 Å². The van der Waals surface area contributed by atoms with E-state index in [-0.39, 0.29) is 0 Å². The van der Waals surface area contributed by atoms with Gasteiger partial charge < -0.3 is 0 Å². The number of hydrazone groups is 1. The lowest BCUT2D eigenvalue weighted by Crippen LogP contribution is -2.13. The van der Waals surface area contributed by atoms with Crippen molar-refractivity contribution in [2.75, 3.05) is 11.2 Å². The van der Waals surface area contributed by atoms with Crippen molar-refractivity contribution in [1.29, 1.82) is 0 Å². The van der Waals surface area contributed by atoms with Gasteiger partial charge in [0.2, 0.25) is 0 Å². The molecule has 0 bridgehead atoms. The molecule has 0 unspecified atom stereocenters. The van der Waals surface area contributed by atoms with E-state index >= 15 is 0 Å². The lowest BCUT2D eigenvalue weighted by molar-refractivity contribution is 1.03.